The van der Waals surface area contributed by atoms with Gasteiger partial charge in [-0.2, -0.15) is 22.0 Å². The van der Waals surface area contributed by atoms with Gasteiger partial charge in [0.1, 0.15) is 0 Å². The first-order valence-corrected chi connectivity index (χ1v) is 5.77. The van der Waals surface area contributed by atoms with E-state index in [4.69, 9.17) is 5.21 Å². The SMILES string of the molecule is O/N=C1/c2c(C(F)(F)F)cnc(OCC(F)F)c2C(F)C1(F)F. The fourth-order valence-electron chi connectivity index (χ4n) is 2.06. The molecular formula is C11H6F8N2O2. The zero-order chi connectivity index (χ0) is 17.6. The molecule has 0 amide bonds. The number of hydrogen-bond acceptors (Lipinski definition) is 4. The van der Waals surface area contributed by atoms with E-state index in [1.165, 1.54) is 0 Å². The van der Waals surface area contributed by atoms with Gasteiger partial charge >= 0.3 is 12.1 Å². The summed E-state index contributed by atoms with van der Waals surface area (Å²) in [4.78, 5) is 2.99. The molecule has 0 spiro atoms. The Morgan fingerprint density at radius 1 is 1.35 bits per heavy atom. The average molecular weight is 350 g/mol. The fraction of sp³-hybridized carbons (Fsp3) is 0.455. The smallest absolute Gasteiger partial charge is 0.418 e. The molecule has 0 bridgehead atoms. The zero-order valence-corrected chi connectivity index (χ0v) is 10.7. The molecule has 0 fully saturated rings. The van der Waals surface area contributed by atoms with Gasteiger partial charge in [0.2, 0.25) is 12.1 Å². The summed E-state index contributed by atoms with van der Waals surface area (Å²) in [5.74, 6) is -5.76. The number of rotatable bonds is 3. The number of pyridine rings is 1. The second-order valence-corrected chi connectivity index (χ2v) is 4.40. The van der Waals surface area contributed by atoms with Gasteiger partial charge in [-0.1, -0.05) is 5.16 Å². The van der Waals surface area contributed by atoms with Crippen LogP contribution in [0.15, 0.2) is 11.4 Å². The lowest BCUT2D eigenvalue weighted by Crippen LogP contribution is -2.28. The summed E-state index contributed by atoms with van der Waals surface area (Å²) in [7, 11) is 0. The third-order valence-electron chi connectivity index (χ3n) is 2.96. The van der Waals surface area contributed by atoms with E-state index in [9.17, 15) is 35.1 Å². The molecule has 1 N–H and O–H groups in total. The molecule has 4 nitrogen and oxygen atoms in total. The van der Waals surface area contributed by atoms with Crippen LogP contribution in [-0.4, -0.2) is 34.9 Å². The van der Waals surface area contributed by atoms with E-state index < -0.39 is 59.6 Å². The Kier molecular flexibility index (Phi) is 4.11. The third-order valence-corrected chi connectivity index (χ3v) is 2.96. The highest BCUT2D eigenvalue weighted by atomic mass is 19.4. The van der Waals surface area contributed by atoms with E-state index in [-0.39, 0.29) is 6.20 Å². The van der Waals surface area contributed by atoms with Crippen LogP contribution < -0.4 is 4.74 Å². The van der Waals surface area contributed by atoms with Gasteiger partial charge in [0.15, 0.2) is 12.3 Å². The molecule has 0 aliphatic heterocycles. The number of halogens is 8. The summed E-state index contributed by atoms with van der Waals surface area (Å²) >= 11 is 0. The van der Waals surface area contributed by atoms with E-state index in [1.54, 1.807) is 0 Å². The van der Waals surface area contributed by atoms with Crippen LogP contribution in [0.1, 0.15) is 22.9 Å². The molecular weight excluding hydrogens is 344 g/mol. The summed E-state index contributed by atoms with van der Waals surface area (Å²) in [6, 6.07) is 0. The van der Waals surface area contributed by atoms with Crippen molar-refractivity contribution in [3.8, 4) is 5.88 Å². The highest BCUT2D eigenvalue weighted by molar-refractivity contribution is 6.11. The van der Waals surface area contributed by atoms with Crippen LogP contribution in [0.25, 0.3) is 0 Å². The zero-order valence-electron chi connectivity index (χ0n) is 10.7. The molecule has 1 aliphatic rings. The summed E-state index contributed by atoms with van der Waals surface area (Å²) in [5, 5.41) is 10.6. The largest absolute Gasteiger partial charge is 0.471 e. The van der Waals surface area contributed by atoms with Crippen LogP contribution >= 0.6 is 0 Å². The molecule has 1 unspecified atom stereocenters. The molecule has 1 aliphatic carbocycles. The number of ether oxygens (including phenoxy) is 1. The Balaban J connectivity index is 2.70. The number of fused-ring (bicyclic) bond motifs is 1. The summed E-state index contributed by atoms with van der Waals surface area (Å²) in [6.45, 7) is -1.39. The highest BCUT2D eigenvalue weighted by Gasteiger charge is 2.59. The molecule has 0 saturated heterocycles. The third kappa shape index (κ3) is 2.77. The Bertz CT molecular complexity index is 644. The van der Waals surface area contributed by atoms with Crippen LogP contribution in [0.2, 0.25) is 0 Å². The number of aromatic nitrogens is 1. The van der Waals surface area contributed by atoms with Crippen LogP contribution in [-0.2, 0) is 6.18 Å². The van der Waals surface area contributed by atoms with E-state index in [0.29, 0.717) is 0 Å². The van der Waals surface area contributed by atoms with Gasteiger partial charge in [-0.25, -0.2) is 18.2 Å². The Labute approximate surface area is 122 Å². The van der Waals surface area contributed by atoms with Gasteiger partial charge in [0.25, 0.3) is 6.43 Å². The topological polar surface area (TPSA) is 54.7 Å². The summed E-state index contributed by atoms with van der Waals surface area (Å²) < 4.78 is 108. The number of hydrogen-bond donors (Lipinski definition) is 1. The lowest BCUT2D eigenvalue weighted by molar-refractivity contribution is -0.138. The Morgan fingerprint density at radius 3 is 2.43 bits per heavy atom. The minimum Gasteiger partial charge on any atom is -0.471 e. The lowest BCUT2D eigenvalue weighted by atomic mass is 10.0. The number of alkyl halides is 8. The van der Waals surface area contributed by atoms with E-state index >= 15 is 0 Å². The van der Waals surface area contributed by atoms with Crippen LogP contribution in [0.3, 0.4) is 0 Å². The summed E-state index contributed by atoms with van der Waals surface area (Å²) in [6.07, 6.45) is -11.7. The van der Waals surface area contributed by atoms with Crippen LogP contribution in [0.4, 0.5) is 35.1 Å². The monoisotopic (exact) mass is 350 g/mol. The van der Waals surface area contributed by atoms with Crippen molar-refractivity contribution in [1.82, 2.24) is 4.98 Å². The number of oxime groups is 1. The second kappa shape index (κ2) is 5.49. The van der Waals surface area contributed by atoms with Crippen molar-refractivity contribution in [1.29, 1.82) is 0 Å². The predicted molar refractivity (Wildman–Crippen MR) is 57.9 cm³/mol. The molecule has 0 radical (unpaired) electrons. The molecule has 0 aromatic carbocycles. The molecule has 128 valence electrons. The van der Waals surface area contributed by atoms with Gasteiger partial charge in [-0.15, -0.1) is 0 Å². The van der Waals surface area contributed by atoms with Gasteiger partial charge in [-0.05, 0) is 0 Å². The minimum atomic E-state index is -5.23. The first-order valence-electron chi connectivity index (χ1n) is 5.77. The molecule has 1 aromatic rings. The maximum atomic E-state index is 13.9. The van der Waals surface area contributed by atoms with Crippen LogP contribution in [0, 0.1) is 0 Å². The first-order chi connectivity index (χ1) is 10.5. The first kappa shape index (κ1) is 17.2. The maximum Gasteiger partial charge on any atom is 0.418 e. The average Bonchev–Trinajstić information content (AvgIpc) is 2.62. The standard InChI is InChI=1S/C11H6F8N2O2/c12-4(13)2-23-9-6-5(3(1-20-9)11(17,18)19)8(21-22)10(15,16)7(6)14/h1,4,7,22H,2H2/b21-8-. The van der Waals surface area contributed by atoms with Gasteiger partial charge in [-0.3, -0.25) is 0 Å². The van der Waals surface area contributed by atoms with E-state index in [1.807, 2.05) is 5.16 Å². The van der Waals surface area contributed by atoms with E-state index in [0.717, 1.165) is 0 Å². The fourth-order valence-corrected chi connectivity index (χ4v) is 2.06. The molecule has 1 aromatic heterocycles. The van der Waals surface area contributed by atoms with Crippen molar-refractivity contribution < 1.29 is 45.1 Å². The predicted octanol–water partition coefficient (Wildman–Crippen LogP) is 3.58. The van der Waals surface area contributed by atoms with Crippen molar-refractivity contribution in [3.05, 3.63) is 22.9 Å². The lowest BCUT2D eigenvalue weighted by Gasteiger charge is -2.14. The van der Waals surface area contributed by atoms with Crippen molar-refractivity contribution in [3.63, 3.8) is 0 Å². The van der Waals surface area contributed by atoms with Crippen molar-refractivity contribution in [2.24, 2.45) is 5.16 Å². The maximum absolute atomic E-state index is 13.9. The highest BCUT2D eigenvalue weighted by Crippen LogP contribution is 2.52. The Hall–Kier alpha value is -2.14. The number of nitrogens with zero attached hydrogens (tertiary/aromatic N) is 2. The molecule has 23 heavy (non-hydrogen) atoms. The van der Waals surface area contributed by atoms with Crippen molar-refractivity contribution >= 4 is 5.71 Å². The summed E-state index contributed by atoms with van der Waals surface area (Å²) in [5.41, 5.74) is -6.55. The Morgan fingerprint density at radius 2 is 1.96 bits per heavy atom. The van der Waals surface area contributed by atoms with Gasteiger partial charge in [0.05, 0.1) is 11.1 Å². The molecule has 0 saturated carbocycles. The molecule has 1 atom stereocenters. The molecule has 1 heterocycles. The molecule has 2 rings (SSSR count). The quantitative estimate of drug-likeness (QED) is 0.515. The molecule has 12 heteroatoms. The second-order valence-electron chi connectivity index (χ2n) is 4.40. The van der Waals surface area contributed by atoms with Gasteiger partial charge < -0.3 is 9.94 Å². The van der Waals surface area contributed by atoms with Crippen LogP contribution in [0.5, 0.6) is 5.88 Å². The normalized spacial score (nSPS) is 21.8. The van der Waals surface area contributed by atoms with Gasteiger partial charge in [0, 0.05) is 11.8 Å². The van der Waals surface area contributed by atoms with Crippen molar-refractivity contribution in [2.75, 3.05) is 6.61 Å². The van der Waals surface area contributed by atoms with Crippen molar-refractivity contribution in [2.45, 2.75) is 24.7 Å². The van der Waals surface area contributed by atoms with E-state index in [2.05, 4.69) is 9.72 Å². The minimum absolute atomic E-state index is 0.0128.